The number of hydrogen-bond donors (Lipinski definition) is 2. The third-order valence-electron chi connectivity index (χ3n) is 9.09. The Morgan fingerprint density at radius 3 is 1.50 bits per heavy atom. The van der Waals surface area contributed by atoms with E-state index in [0.29, 0.717) is 6.42 Å². The van der Waals surface area contributed by atoms with Crippen molar-refractivity contribution in [2.45, 2.75) is 206 Å². The van der Waals surface area contributed by atoms with Gasteiger partial charge in [-0.1, -0.05) is 167 Å². The monoisotopic (exact) mass is 758 g/mol. The predicted octanol–water partition coefficient (Wildman–Crippen LogP) is 12.0. The topological polar surface area (TPSA) is 134 Å². The average molecular weight is 758 g/mol. The summed E-state index contributed by atoms with van der Waals surface area (Å²) in [5, 5.41) is 0. The van der Waals surface area contributed by atoms with Gasteiger partial charge in [0, 0.05) is 19.4 Å². The summed E-state index contributed by atoms with van der Waals surface area (Å²) in [5.74, 6) is -0.838. The van der Waals surface area contributed by atoms with Crippen LogP contribution in [0.25, 0.3) is 0 Å². The molecule has 0 aliphatic rings. The number of hydrogen-bond acceptors (Lipinski definition) is 8. The van der Waals surface area contributed by atoms with E-state index in [-0.39, 0.29) is 38.6 Å². The summed E-state index contributed by atoms with van der Waals surface area (Å²) in [7, 11) is -4.37. The van der Waals surface area contributed by atoms with E-state index in [0.717, 1.165) is 57.8 Å². The lowest BCUT2D eigenvalue weighted by molar-refractivity contribution is -0.161. The molecule has 0 spiro atoms. The maximum absolute atomic E-state index is 12.6. The Bertz CT molecular complexity index is 912. The van der Waals surface area contributed by atoms with Crippen LogP contribution in [0.3, 0.4) is 0 Å². The number of ether oxygens (including phenoxy) is 2. The predicted molar refractivity (Wildman–Crippen MR) is 215 cm³/mol. The summed E-state index contributed by atoms with van der Waals surface area (Å²) in [4.78, 5) is 34.8. The van der Waals surface area contributed by atoms with E-state index >= 15 is 0 Å². The first-order chi connectivity index (χ1) is 25.3. The van der Waals surface area contributed by atoms with Crippen LogP contribution in [0.2, 0.25) is 0 Å². The number of phosphoric ester groups is 1. The Hall–Kier alpha value is -1.51. The van der Waals surface area contributed by atoms with Gasteiger partial charge >= 0.3 is 19.8 Å². The summed E-state index contributed by atoms with van der Waals surface area (Å²) < 4.78 is 32.7. The molecule has 3 N–H and O–H groups in total. The van der Waals surface area contributed by atoms with Gasteiger partial charge in [-0.3, -0.25) is 18.6 Å². The van der Waals surface area contributed by atoms with Gasteiger partial charge in [-0.2, -0.15) is 0 Å². The molecule has 10 heteroatoms. The fraction of sp³-hybridized carbons (Fsp3) is 0.857. The molecule has 9 nitrogen and oxygen atoms in total. The van der Waals surface area contributed by atoms with Crippen molar-refractivity contribution >= 4 is 19.8 Å². The van der Waals surface area contributed by atoms with Crippen LogP contribution in [0.4, 0.5) is 0 Å². The van der Waals surface area contributed by atoms with Crippen molar-refractivity contribution in [2.24, 2.45) is 5.73 Å². The molecule has 2 atom stereocenters. The third kappa shape index (κ3) is 38.2. The van der Waals surface area contributed by atoms with Gasteiger partial charge in [-0.15, -0.1) is 0 Å². The minimum absolute atomic E-state index is 0.0524. The lowest BCUT2D eigenvalue weighted by Gasteiger charge is -2.19. The second-order valence-electron chi connectivity index (χ2n) is 14.2. The van der Waals surface area contributed by atoms with Gasteiger partial charge in [-0.05, 0) is 44.9 Å². The van der Waals surface area contributed by atoms with Crippen molar-refractivity contribution in [1.29, 1.82) is 0 Å². The zero-order valence-corrected chi connectivity index (χ0v) is 34.4. The van der Waals surface area contributed by atoms with E-state index in [2.05, 4.69) is 38.2 Å². The lowest BCUT2D eigenvalue weighted by Crippen LogP contribution is -2.29. The molecule has 0 fully saturated rings. The highest BCUT2D eigenvalue weighted by atomic mass is 31.2. The van der Waals surface area contributed by atoms with Crippen LogP contribution >= 0.6 is 7.82 Å². The van der Waals surface area contributed by atoms with Crippen molar-refractivity contribution in [3.63, 3.8) is 0 Å². The molecule has 0 radical (unpaired) electrons. The number of carbonyl (C=O) groups excluding carboxylic acids is 2. The quantitative estimate of drug-likeness (QED) is 0.0271. The van der Waals surface area contributed by atoms with E-state index in [1.54, 1.807) is 0 Å². The van der Waals surface area contributed by atoms with E-state index in [9.17, 15) is 19.0 Å². The molecule has 0 bridgehead atoms. The van der Waals surface area contributed by atoms with Crippen molar-refractivity contribution in [2.75, 3.05) is 26.4 Å². The molecule has 306 valence electrons. The highest BCUT2D eigenvalue weighted by Gasteiger charge is 2.26. The molecular weight excluding hydrogens is 677 g/mol. The largest absolute Gasteiger partial charge is 0.472 e. The van der Waals surface area contributed by atoms with Crippen LogP contribution in [0.1, 0.15) is 200 Å². The zero-order valence-electron chi connectivity index (χ0n) is 33.6. The minimum atomic E-state index is -4.37. The molecule has 52 heavy (non-hydrogen) atoms. The van der Waals surface area contributed by atoms with Gasteiger partial charge < -0.3 is 20.1 Å². The number of esters is 2. The second-order valence-corrected chi connectivity index (χ2v) is 15.7. The maximum atomic E-state index is 12.6. The molecule has 0 aromatic carbocycles. The molecule has 0 amide bonds. The molecule has 0 aromatic rings. The first kappa shape index (κ1) is 50.5. The number of allylic oxidation sites excluding steroid dienone is 4. The Morgan fingerprint density at radius 2 is 1.00 bits per heavy atom. The summed E-state index contributed by atoms with van der Waals surface area (Å²) in [6.45, 7) is 3.70. The van der Waals surface area contributed by atoms with Crippen LogP contribution < -0.4 is 5.73 Å². The third-order valence-corrected chi connectivity index (χ3v) is 10.1. The van der Waals surface area contributed by atoms with Crippen molar-refractivity contribution in [1.82, 2.24) is 0 Å². The van der Waals surface area contributed by atoms with E-state index in [1.807, 2.05) is 0 Å². The van der Waals surface area contributed by atoms with Gasteiger partial charge in [0.25, 0.3) is 0 Å². The zero-order chi connectivity index (χ0) is 38.2. The molecule has 0 heterocycles. The lowest BCUT2D eigenvalue weighted by atomic mass is 10.0. The molecule has 0 rings (SSSR count). The summed E-state index contributed by atoms with van der Waals surface area (Å²) in [5.41, 5.74) is 5.34. The molecule has 2 unspecified atom stereocenters. The minimum Gasteiger partial charge on any atom is -0.462 e. The van der Waals surface area contributed by atoms with Gasteiger partial charge in [-0.25, -0.2) is 4.57 Å². The van der Waals surface area contributed by atoms with Crippen LogP contribution in [0.5, 0.6) is 0 Å². The summed E-state index contributed by atoms with van der Waals surface area (Å²) >= 11 is 0. The van der Waals surface area contributed by atoms with Crippen molar-refractivity contribution in [3.8, 4) is 0 Å². The normalized spacial score (nSPS) is 13.5. The SMILES string of the molecule is CCCCC/C=C\C/C=C\CCCCCCCC(=O)OC(COC(=O)CCCCCCCCCCCCCCCCCC)COP(=O)(O)OCCN. The van der Waals surface area contributed by atoms with Crippen LogP contribution in [-0.2, 0) is 32.7 Å². The van der Waals surface area contributed by atoms with Crippen molar-refractivity contribution < 1.29 is 37.6 Å². The van der Waals surface area contributed by atoms with E-state index in [1.165, 1.54) is 109 Å². The van der Waals surface area contributed by atoms with Crippen LogP contribution in [-0.4, -0.2) is 49.3 Å². The number of rotatable bonds is 40. The molecule has 0 aliphatic heterocycles. The molecule has 0 aromatic heterocycles. The second kappa shape index (κ2) is 39.2. The maximum Gasteiger partial charge on any atom is 0.472 e. The molecule has 0 aliphatic carbocycles. The Labute approximate surface area is 319 Å². The Balaban J connectivity index is 4.16. The number of unbranched alkanes of at least 4 members (excludes halogenated alkanes) is 23. The summed E-state index contributed by atoms with van der Waals surface area (Å²) in [6.07, 6.45) is 40.6. The molecular formula is C42H80NO8P. The fourth-order valence-electron chi connectivity index (χ4n) is 5.90. The van der Waals surface area contributed by atoms with Crippen LogP contribution in [0.15, 0.2) is 24.3 Å². The smallest absolute Gasteiger partial charge is 0.462 e. The van der Waals surface area contributed by atoms with E-state index in [4.69, 9.17) is 24.3 Å². The van der Waals surface area contributed by atoms with Crippen molar-refractivity contribution in [3.05, 3.63) is 24.3 Å². The Kier molecular flexibility index (Phi) is 38.1. The Morgan fingerprint density at radius 1 is 0.577 bits per heavy atom. The summed E-state index contributed by atoms with van der Waals surface area (Å²) in [6, 6.07) is 0. The molecule has 0 saturated carbocycles. The van der Waals surface area contributed by atoms with Gasteiger partial charge in [0.2, 0.25) is 0 Å². The number of carbonyl (C=O) groups is 2. The van der Waals surface area contributed by atoms with E-state index < -0.39 is 26.5 Å². The highest BCUT2D eigenvalue weighted by Crippen LogP contribution is 2.43. The first-order valence-corrected chi connectivity index (χ1v) is 22.8. The number of phosphoric acid groups is 1. The molecule has 0 saturated heterocycles. The van der Waals surface area contributed by atoms with Crippen LogP contribution in [0, 0.1) is 0 Å². The average Bonchev–Trinajstić information content (AvgIpc) is 3.13. The van der Waals surface area contributed by atoms with Gasteiger partial charge in [0.15, 0.2) is 6.10 Å². The fourth-order valence-corrected chi connectivity index (χ4v) is 6.67. The van der Waals surface area contributed by atoms with Gasteiger partial charge in [0.1, 0.15) is 6.61 Å². The van der Waals surface area contributed by atoms with Gasteiger partial charge in [0.05, 0.1) is 13.2 Å². The standard InChI is InChI=1S/C42H80NO8P/c1-3-5-7-9-11-13-15-17-19-21-22-24-26-28-30-32-34-41(44)48-38-40(39-50-52(46,47)49-37-36-43)51-42(45)35-33-31-29-27-25-23-20-18-16-14-12-10-8-6-4-2/h12,14,18,20,40H,3-11,13,15-17,19,21-39,43H2,1-2H3,(H,46,47)/b14-12-,20-18-. The first-order valence-electron chi connectivity index (χ1n) is 21.3. The number of nitrogens with two attached hydrogens (primary N) is 1. The highest BCUT2D eigenvalue weighted by molar-refractivity contribution is 7.47.